The molecule has 0 bridgehead atoms. The summed E-state index contributed by atoms with van der Waals surface area (Å²) >= 11 is 0. The molecule has 1 fully saturated rings. The average Bonchev–Trinajstić information content (AvgIpc) is 3.06. The molecule has 0 spiro atoms. The van der Waals surface area contributed by atoms with Crippen LogP contribution in [0.4, 0.5) is 11.4 Å². The van der Waals surface area contributed by atoms with Crippen molar-refractivity contribution in [3.63, 3.8) is 0 Å². The molecular weight excluding hydrogens is 412 g/mol. The molecule has 7 nitrogen and oxygen atoms in total. The maximum absolute atomic E-state index is 13.0. The van der Waals surface area contributed by atoms with E-state index in [1.54, 1.807) is 24.3 Å². The molecule has 0 radical (unpaired) electrons. The molecule has 9 heteroatoms. The molecule has 0 unspecified atom stereocenters. The lowest BCUT2D eigenvalue weighted by atomic mass is 9.92. The Morgan fingerprint density at radius 3 is 2.45 bits per heavy atom. The normalized spacial score (nSPS) is 18.3. The average molecular weight is 437 g/mol. The molecule has 156 valence electrons. The van der Waals surface area contributed by atoms with Crippen molar-refractivity contribution in [3.8, 4) is 5.75 Å². The fourth-order valence-corrected chi connectivity index (χ4v) is 6.61. The minimum atomic E-state index is -3.85. The molecule has 2 aromatic carbocycles. The van der Waals surface area contributed by atoms with E-state index in [-0.39, 0.29) is 16.3 Å². The molecule has 2 aromatic rings. The van der Waals surface area contributed by atoms with E-state index in [0.29, 0.717) is 24.4 Å². The van der Waals surface area contributed by atoms with Crippen molar-refractivity contribution in [2.75, 3.05) is 28.4 Å². The van der Waals surface area contributed by atoms with Gasteiger partial charge in [0.05, 0.1) is 29.1 Å². The number of nitrogens with one attached hydrogen (secondary N) is 1. The molecule has 1 saturated heterocycles. The Labute approximate surface area is 171 Å². The number of sulfonamides is 2. The van der Waals surface area contributed by atoms with Crippen molar-refractivity contribution < 1.29 is 21.6 Å². The number of rotatable bonds is 5. The van der Waals surface area contributed by atoms with Gasteiger partial charge in [0.1, 0.15) is 5.75 Å². The summed E-state index contributed by atoms with van der Waals surface area (Å²) in [5.41, 5.74) is 2.91. The van der Waals surface area contributed by atoms with E-state index in [2.05, 4.69) is 4.72 Å². The lowest BCUT2D eigenvalue weighted by molar-refractivity contribution is 0.417. The van der Waals surface area contributed by atoms with Crippen LogP contribution in [0.15, 0.2) is 41.3 Å². The number of ether oxygens (including phenoxy) is 1. The van der Waals surface area contributed by atoms with Gasteiger partial charge in [0.2, 0.25) is 10.0 Å². The quantitative estimate of drug-likeness (QED) is 0.778. The highest BCUT2D eigenvalue weighted by Gasteiger charge is 2.29. The van der Waals surface area contributed by atoms with Crippen LogP contribution in [0.1, 0.15) is 30.4 Å². The summed E-state index contributed by atoms with van der Waals surface area (Å²) in [4.78, 5) is 0.194. The molecule has 1 aliphatic heterocycles. The number of hydrogen-bond acceptors (Lipinski definition) is 5. The summed E-state index contributed by atoms with van der Waals surface area (Å²) in [6, 6.07) is 9.95. The highest BCUT2D eigenvalue weighted by atomic mass is 32.2. The predicted molar refractivity (Wildman–Crippen MR) is 113 cm³/mol. The summed E-state index contributed by atoms with van der Waals surface area (Å²) in [6.45, 7) is 0.381. The van der Waals surface area contributed by atoms with Gasteiger partial charge in [0.15, 0.2) is 0 Å². The Morgan fingerprint density at radius 2 is 1.76 bits per heavy atom. The van der Waals surface area contributed by atoms with Crippen LogP contribution in [0.5, 0.6) is 5.75 Å². The van der Waals surface area contributed by atoms with E-state index in [1.165, 1.54) is 23.0 Å². The first-order chi connectivity index (χ1) is 13.8. The van der Waals surface area contributed by atoms with E-state index in [1.807, 2.05) is 6.07 Å². The molecule has 0 amide bonds. The van der Waals surface area contributed by atoms with Gasteiger partial charge in [-0.2, -0.15) is 0 Å². The van der Waals surface area contributed by atoms with E-state index < -0.39 is 20.0 Å². The largest absolute Gasteiger partial charge is 0.495 e. The summed E-state index contributed by atoms with van der Waals surface area (Å²) < 4.78 is 59.7. The van der Waals surface area contributed by atoms with Crippen molar-refractivity contribution in [2.24, 2.45) is 0 Å². The highest BCUT2D eigenvalue weighted by molar-refractivity contribution is 7.93. The van der Waals surface area contributed by atoms with Crippen molar-refractivity contribution in [2.45, 2.75) is 37.0 Å². The smallest absolute Gasteiger partial charge is 0.262 e. The lowest BCUT2D eigenvalue weighted by Gasteiger charge is -2.20. The summed E-state index contributed by atoms with van der Waals surface area (Å²) in [6.07, 6.45) is 4.59. The summed E-state index contributed by atoms with van der Waals surface area (Å²) in [5, 5.41) is 0. The van der Waals surface area contributed by atoms with Gasteiger partial charge >= 0.3 is 0 Å². The van der Waals surface area contributed by atoms with Gasteiger partial charge in [0.25, 0.3) is 10.0 Å². The minimum Gasteiger partial charge on any atom is -0.495 e. The third kappa shape index (κ3) is 3.93. The van der Waals surface area contributed by atoms with Crippen LogP contribution in [0.3, 0.4) is 0 Å². The van der Waals surface area contributed by atoms with Crippen LogP contribution in [0.2, 0.25) is 0 Å². The number of anilines is 2. The van der Waals surface area contributed by atoms with Crippen molar-refractivity contribution >= 4 is 31.4 Å². The zero-order chi connectivity index (χ0) is 20.6. The van der Waals surface area contributed by atoms with E-state index >= 15 is 0 Å². The maximum atomic E-state index is 13.0. The highest BCUT2D eigenvalue weighted by Crippen LogP contribution is 2.34. The number of nitrogens with zero attached hydrogens (tertiary/aromatic N) is 1. The molecule has 0 atom stereocenters. The zero-order valence-electron chi connectivity index (χ0n) is 16.2. The minimum absolute atomic E-state index is 0.0925. The van der Waals surface area contributed by atoms with Gasteiger partial charge in [-0.1, -0.05) is 6.07 Å². The number of methoxy groups -OCH3 is 1. The molecule has 4 rings (SSSR count). The molecule has 1 heterocycles. The fraction of sp³-hybridized carbons (Fsp3) is 0.400. The van der Waals surface area contributed by atoms with Gasteiger partial charge in [-0.3, -0.25) is 9.03 Å². The standard InChI is InChI=1S/C20H24N2O5S2/c1-27-20-10-8-17(22-11-4-12-28(22,23)24)14-19(20)21-29(25,26)18-9-7-15-5-2-3-6-16(15)13-18/h7-10,13-14,21H,2-6,11-12H2,1H3. The molecular formula is C20H24N2O5S2. The van der Waals surface area contributed by atoms with Crippen LogP contribution in [0, 0.1) is 0 Å². The van der Waals surface area contributed by atoms with Crippen LogP contribution in [-0.2, 0) is 32.9 Å². The van der Waals surface area contributed by atoms with Crippen molar-refractivity contribution in [3.05, 3.63) is 47.5 Å². The third-order valence-corrected chi connectivity index (χ3v) is 8.68. The Balaban J connectivity index is 1.68. The van der Waals surface area contributed by atoms with Gasteiger partial charge in [-0.25, -0.2) is 16.8 Å². The van der Waals surface area contributed by atoms with Crippen LogP contribution in [-0.4, -0.2) is 36.2 Å². The number of fused-ring (bicyclic) bond motifs is 1. The first-order valence-corrected chi connectivity index (χ1v) is 12.7. The van der Waals surface area contributed by atoms with Crippen molar-refractivity contribution in [1.29, 1.82) is 0 Å². The Bertz CT molecular complexity index is 1140. The van der Waals surface area contributed by atoms with Gasteiger partial charge in [-0.15, -0.1) is 0 Å². The second-order valence-corrected chi connectivity index (χ2v) is 11.1. The first-order valence-electron chi connectivity index (χ1n) is 9.63. The second-order valence-electron chi connectivity index (χ2n) is 7.37. The third-order valence-electron chi connectivity index (χ3n) is 5.44. The monoisotopic (exact) mass is 436 g/mol. The predicted octanol–water partition coefficient (Wildman–Crippen LogP) is 2.91. The molecule has 1 N–H and O–H groups in total. The van der Waals surface area contributed by atoms with Crippen LogP contribution >= 0.6 is 0 Å². The Kier molecular flexibility index (Phi) is 5.20. The molecule has 0 saturated carbocycles. The van der Waals surface area contributed by atoms with E-state index in [9.17, 15) is 16.8 Å². The van der Waals surface area contributed by atoms with Gasteiger partial charge in [-0.05, 0) is 73.6 Å². The van der Waals surface area contributed by atoms with Crippen LogP contribution < -0.4 is 13.8 Å². The van der Waals surface area contributed by atoms with Gasteiger partial charge < -0.3 is 4.74 Å². The number of aryl methyl sites for hydroxylation is 2. The molecule has 1 aliphatic carbocycles. The SMILES string of the molecule is COc1ccc(N2CCCS2(=O)=O)cc1NS(=O)(=O)c1ccc2c(c1)CCCC2. The first kappa shape index (κ1) is 20.0. The van der Waals surface area contributed by atoms with E-state index in [0.717, 1.165) is 31.2 Å². The Morgan fingerprint density at radius 1 is 1.00 bits per heavy atom. The Hall–Kier alpha value is -2.26. The number of hydrogen-bond donors (Lipinski definition) is 1. The fourth-order valence-electron chi connectivity index (χ4n) is 3.94. The zero-order valence-corrected chi connectivity index (χ0v) is 17.9. The second kappa shape index (κ2) is 7.53. The van der Waals surface area contributed by atoms with Crippen molar-refractivity contribution in [1.82, 2.24) is 0 Å². The van der Waals surface area contributed by atoms with Crippen LogP contribution in [0.25, 0.3) is 0 Å². The summed E-state index contributed by atoms with van der Waals surface area (Å²) in [5.74, 6) is 0.418. The topological polar surface area (TPSA) is 92.8 Å². The molecule has 29 heavy (non-hydrogen) atoms. The molecule has 0 aromatic heterocycles. The summed E-state index contributed by atoms with van der Waals surface area (Å²) in [7, 11) is -5.77. The molecule has 2 aliphatic rings. The maximum Gasteiger partial charge on any atom is 0.262 e. The lowest BCUT2D eigenvalue weighted by Crippen LogP contribution is -2.25. The van der Waals surface area contributed by atoms with E-state index in [4.69, 9.17) is 4.74 Å². The van der Waals surface area contributed by atoms with Gasteiger partial charge in [0, 0.05) is 6.54 Å². The number of benzene rings is 2.